The Labute approximate surface area is 129 Å². The van der Waals surface area contributed by atoms with Crippen LogP contribution in [0.4, 0.5) is 4.39 Å². The summed E-state index contributed by atoms with van der Waals surface area (Å²) in [6, 6.07) is 9.54. The third-order valence-corrected chi connectivity index (χ3v) is 3.21. The van der Waals surface area contributed by atoms with Gasteiger partial charge in [-0.15, -0.1) is 0 Å². The van der Waals surface area contributed by atoms with E-state index in [1.165, 1.54) is 12.1 Å². The summed E-state index contributed by atoms with van der Waals surface area (Å²) in [6.45, 7) is 2.35. The van der Waals surface area contributed by atoms with Gasteiger partial charge in [-0.1, -0.05) is 0 Å². The molecule has 4 nitrogen and oxygen atoms in total. The molecule has 1 amide bonds. The minimum atomic E-state index is -0.295. The molecule has 1 N–H and O–H groups in total. The Morgan fingerprint density at radius 1 is 1.23 bits per heavy atom. The molecule has 0 saturated heterocycles. The smallest absolute Gasteiger partial charge is 0.220 e. The zero-order valence-electron chi connectivity index (χ0n) is 12.5. The SMILES string of the molecule is CC(NC(=O)CCCOc1ccc(F)cc1)c1ccncc1. The molecule has 2 aromatic rings. The highest BCUT2D eigenvalue weighted by molar-refractivity contribution is 5.76. The molecule has 0 saturated carbocycles. The topological polar surface area (TPSA) is 51.2 Å². The van der Waals surface area contributed by atoms with Crippen molar-refractivity contribution in [1.29, 1.82) is 0 Å². The molecule has 1 aromatic carbocycles. The number of pyridine rings is 1. The minimum Gasteiger partial charge on any atom is -0.494 e. The molecule has 2 rings (SSSR count). The molecule has 0 aliphatic rings. The number of aromatic nitrogens is 1. The van der Waals surface area contributed by atoms with Crippen LogP contribution in [0.3, 0.4) is 0 Å². The monoisotopic (exact) mass is 302 g/mol. The van der Waals surface area contributed by atoms with E-state index in [1.807, 2.05) is 19.1 Å². The molecule has 5 heteroatoms. The summed E-state index contributed by atoms with van der Waals surface area (Å²) >= 11 is 0. The predicted octanol–water partition coefficient (Wildman–Crippen LogP) is 3.26. The molecule has 116 valence electrons. The van der Waals surface area contributed by atoms with Crippen molar-refractivity contribution in [3.63, 3.8) is 0 Å². The third-order valence-electron chi connectivity index (χ3n) is 3.21. The second kappa shape index (κ2) is 8.12. The van der Waals surface area contributed by atoms with E-state index in [2.05, 4.69) is 10.3 Å². The summed E-state index contributed by atoms with van der Waals surface area (Å²) in [5.74, 6) is 0.288. The number of nitrogens with one attached hydrogen (secondary N) is 1. The van der Waals surface area contributed by atoms with Gasteiger partial charge in [0, 0.05) is 18.8 Å². The van der Waals surface area contributed by atoms with E-state index in [-0.39, 0.29) is 17.8 Å². The number of carbonyl (C=O) groups is 1. The van der Waals surface area contributed by atoms with Crippen LogP contribution in [0.1, 0.15) is 31.4 Å². The van der Waals surface area contributed by atoms with Gasteiger partial charge in [0.25, 0.3) is 0 Å². The lowest BCUT2D eigenvalue weighted by atomic mass is 10.1. The maximum atomic E-state index is 12.7. The van der Waals surface area contributed by atoms with Gasteiger partial charge in [-0.2, -0.15) is 0 Å². The van der Waals surface area contributed by atoms with Crippen LogP contribution < -0.4 is 10.1 Å². The Kier molecular flexibility index (Phi) is 5.89. The first-order valence-electron chi connectivity index (χ1n) is 7.23. The van der Waals surface area contributed by atoms with Crippen molar-refractivity contribution in [3.8, 4) is 5.75 Å². The van der Waals surface area contributed by atoms with E-state index in [0.29, 0.717) is 25.2 Å². The zero-order chi connectivity index (χ0) is 15.8. The maximum Gasteiger partial charge on any atom is 0.220 e. The number of benzene rings is 1. The van der Waals surface area contributed by atoms with E-state index >= 15 is 0 Å². The molecule has 0 spiro atoms. The zero-order valence-corrected chi connectivity index (χ0v) is 12.5. The molecule has 0 fully saturated rings. The van der Waals surface area contributed by atoms with Gasteiger partial charge in [-0.3, -0.25) is 9.78 Å². The molecule has 0 aliphatic carbocycles. The normalized spacial score (nSPS) is 11.7. The number of nitrogens with zero attached hydrogens (tertiary/aromatic N) is 1. The summed E-state index contributed by atoms with van der Waals surface area (Å²) in [5.41, 5.74) is 1.02. The predicted molar refractivity (Wildman–Crippen MR) is 81.9 cm³/mol. The van der Waals surface area contributed by atoms with Crippen molar-refractivity contribution < 1.29 is 13.9 Å². The average Bonchev–Trinajstić information content (AvgIpc) is 2.54. The van der Waals surface area contributed by atoms with Gasteiger partial charge in [0.05, 0.1) is 12.6 Å². The first-order valence-corrected chi connectivity index (χ1v) is 7.23. The number of carbonyl (C=O) groups excluding carboxylic acids is 1. The first-order chi connectivity index (χ1) is 10.6. The summed E-state index contributed by atoms with van der Waals surface area (Å²) in [7, 11) is 0. The van der Waals surface area contributed by atoms with Crippen molar-refractivity contribution in [2.45, 2.75) is 25.8 Å². The fourth-order valence-corrected chi connectivity index (χ4v) is 2.00. The van der Waals surface area contributed by atoms with Gasteiger partial charge in [-0.25, -0.2) is 4.39 Å². The molecule has 1 heterocycles. The highest BCUT2D eigenvalue weighted by atomic mass is 19.1. The number of hydrogen-bond acceptors (Lipinski definition) is 3. The van der Waals surface area contributed by atoms with Gasteiger partial charge in [0.15, 0.2) is 0 Å². The summed E-state index contributed by atoms with van der Waals surface area (Å²) < 4.78 is 18.2. The van der Waals surface area contributed by atoms with Crippen molar-refractivity contribution in [2.75, 3.05) is 6.61 Å². The fraction of sp³-hybridized carbons (Fsp3) is 0.294. The number of hydrogen-bond donors (Lipinski definition) is 1. The lowest BCUT2D eigenvalue weighted by molar-refractivity contribution is -0.121. The fourth-order valence-electron chi connectivity index (χ4n) is 2.00. The number of rotatable bonds is 7. The molecule has 0 bridgehead atoms. The second-order valence-corrected chi connectivity index (χ2v) is 4.98. The highest BCUT2D eigenvalue weighted by Gasteiger charge is 2.09. The number of halogens is 1. The van der Waals surface area contributed by atoms with Gasteiger partial charge < -0.3 is 10.1 Å². The van der Waals surface area contributed by atoms with Crippen molar-refractivity contribution in [1.82, 2.24) is 10.3 Å². The molecule has 0 radical (unpaired) electrons. The molecule has 22 heavy (non-hydrogen) atoms. The average molecular weight is 302 g/mol. The molecule has 0 aliphatic heterocycles. The lowest BCUT2D eigenvalue weighted by Crippen LogP contribution is -2.26. The Morgan fingerprint density at radius 3 is 2.59 bits per heavy atom. The first kappa shape index (κ1) is 15.9. The Bertz CT molecular complexity index is 587. The van der Waals surface area contributed by atoms with Crippen LogP contribution in [-0.2, 0) is 4.79 Å². The van der Waals surface area contributed by atoms with Gasteiger partial charge in [0.1, 0.15) is 11.6 Å². The molecular weight excluding hydrogens is 283 g/mol. The molecule has 1 unspecified atom stereocenters. The van der Waals surface area contributed by atoms with Crippen LogP contribution >= 0.6 is 0 Å². The van der Waals surface area contributed by atoms with E-state index in [4.69, 9.17) is 4.74 Å². The van der Waals surface area contributed by atoms with Crippen LogP contribution in [0.15, 0.2) is 48.8 Å². The second-order valence-electron chi connectivity index (χ2n) is 4.98. The number of amides is 1. The van der Waals surface area contributed by atoms with Gasteiger partial charge >= 0.3 is 0 Å². The molecule has 1 aromatic heterocycles. The summed E-state index contributed by atoms with van der Waals surface area (Å²) in [6.07, 6.45) is 4.39. The maximum absolute atomic E-state index is 12.7. The summed E-state index contributed by atoms with van der Waals surface area (Å²) in [4.78, 5) is 15.8. The van der Waals surface area contributed by atoms with E-state index in [1.54, 1.807) is 24.5 Å². The van der Waals surface area contributed by atoms with Crippen molar-refractivity contribution in [2.24, 2.45) is 0 Å². The number of ether oxygens (including phenoxy) is 1. The van der Waals surface area contributed by atoms with Gasteiger partial charge in [0.2, 0.25) is 5.91 Å². The Morgan fingerprint density at radius 2 is 1.91 bits per heavy atom. The lowest BCUT2D eigenvalue weighted by Gasteiger charge is -2.14. The quantitative estimate of drug-likeness (QED) is 0.799. The van der Waals surface area contributed by atoms with Gasteiger partial charge in [-0.05, 0) is 55.3 Å². The van der Waals surface area contributed by atoms with Crippen molar-refractivity contribution in [3.05, 3.63) is 60.2 Å². The van der Waals surface area contributed by atoms with E-state index < -0.39 is 0 Å². The van der Waals surface area contributed by atoms with Crippen LogP contribution in [0.25, 0.3) is 0 Å². The van der Waals surface area contributed by atoms with Crippen LogP contribution in [0.2, 0.25) is 0 Å². The van der Waals surface area contributed by atoms with Crippen LogP contribution in [0, 0.1) is 5.82 Å². The standard InChI is InChI=1S/C17H19FN2O2/c1-13(14-8-10-19-11-9-14)20-17(21)3-2-12-22-16-6-4-15(18)5-7-16/h4-11,13H,2-3,12H2,1H3,(H,20,21). The highest BCUT2D eigenvalue weighted by Crippen LogP contribution is 2.12. The van der Waals surface area contributed by atoms with E-state index in [9.17, 15) is 9.18 Å². The Balaban J connectivity index is 1.66. The molecule has 1 atom stereocenters. The van der Waals surface area contributed by atoms with Crippen molar-refractivity contribution >= 4 is 5.91 Å². The third kappa shape index (κ3) is 5.16. The van der Waals surface area contributed by atoms with E-state index in [0.717, 1.165) is 5.56 Å². The van der Waals surface area contributed by atoms with Crippen LogP contribution in [0.5, 0.6) is 5.75 Å². The molecular formula is C17H19FN2O2. The largest absolute Gasteiger partial charge is 0.494 e. The van der Waals surface area contributed by atoms with Crippen LogP contribution in [-0.4, -0.2) is 17.5 Å². The summed E-state index contributed by atoms with van der Waals surface area (Å²) in [5, 5.41) is 2.93. The Hall–Kier alpha value is -2.43. The minimum absolute atomic E-state index is 0.0213.